The molecule has 0 unspecified atom stereocenters. The van der Waals surface area contributed by atoms with E-state index >= 15 is 0 Å². The van der Waals surface area contributed by atoms with E-state index in [9.17, 15) is 28.0 Å². The van der Waals surface area contributed by atoms with Crippen LogP contribution in [-0.4, -0.2) is 16.0 Å². The molecule has 4 aromatic rings. The third-order valence-corrected chi connectivity index (χ3v) is 5.49. The van der Waals surface area contributed by atoms with Gasteiger partial charge >= 0.3 is 6.18 Å². The third kappa shape index (κ3) is 4.24. The van der Waals surface area contributed by atoms with Crippen molar-refractivity contribution in [3.05, 3.63) is 76.7 Å². The highest BCUT2D eigenvalue weighted by Crippen LogP contribution is 2.37. The second-order valence-corrected chi connectivity index (χ2v) is 7.55. The standard InChI is InChI=1S/C21H12F3N3O3S/c22-21(23,24)15-9-12(3-7-16(15)27-30)19(29)25-13-4-1-11(2-5-13)20-26-17-8-6-14(28)10-18(17)31-20/h1-10,28H,(H,25,29). The van der Waals surface area contributed by atoms with E-state index in [1.54, 1.807) is 42.5 Å². The number of phenolic OH excluding ortho intramolecular Hbond substituents is 1. The van der Waals surface area contributed by atoms with Gasteiger partial charge in [0.2, 0.25) is 0 Å². The number of aromatic hydroxyl groups is 1. The Hall–Kier alpha value is -3.79. The maximum absolute atomic E-state index is 13.1. The summed E-state index contributed by atoms with van der Waals surface area (Å²) in [5.74, 6) is -0.613. The van der Waals surface area contributed by atoms with Crippen LogP contribution in [0.25, 0.3) is 20.8 Å². The largest absolute Gasteiger partial charge is 0.508 e. The molecule has 10 heteroatoms. The number of halogens is 3. The highest BCUT2D eigenvalue weighted by Gasteiger charge is 2.34. The number of nitrogens with one attached hydrogen (secondary N) is 1. The van der Waals surface area contributed by atoms with E-state index in [0.717, 1.165) is 27.9 Å². The van der Waals surface area contributed by atoms with Crippen LogP contribution in [0.1, 0.15) is 15.9 Å². The SMILES string of the molecule is O=Nc1ccc(C(=O)Nc2ccc(-c3nc4ccc(O)cc4s3)cc2)cc1C(F)(F)F. The number of fused-ring (bicyclic) bond motifs is 1. The van der Waals surface area contributed by atoms with E-state index in [2.05, 4.69) is 15.5 Å². The summed E-state index contributed by atoms with van der Waals surface area (Å²) in [5, 5.41) is 15.2. The predicted molar refractivity (Wildman–Crippen MR) is 112 cm³/mol. The highest BCUT2D eigenvalue weighted by molar-refractivity contribution is 7.21. The lowest BCUT2D eigenvalue weighted by atomic mass is 10.1. The number of nitrogens with zero attached hydrogens (tertiary/aromatic N) is 2. The Balaban J connectivity index is 1.55. The van der Waals surface area contributed by atoms with Crippen molar-refractivity contribution in [2.75, 3.05) is 5.32 Å². The molecule has 0 bridgehead atoms. The summed E-state index contributed by atoms with van der Waals surface area (Å²) < 4.78 is 40.0. The zero-order valence-corrected chi connectivity index (χ0v) is 16.3. The van der Waals surface area contributed by atoms with Crippen molar-refractivity contribution in [3.63, 3.8) is 0 Å². The number of phenols is 1. The number of aromatic nitrogens is 1. The van der Waals surface area contributed by atoms with Crippen molar-refractivity contribution in [2.45, 2.75) is 6.18 Å². The Labute approximate surface area is 177 Å². The average Bonchev–Trinajstić information content (AvgIpc) is 3.16. The summed E-state index contributed by atoms with van der Waals surface area (Å²) in [6, 6.07) is 14.1. The van der Waals surface area contributed by atoms with Crippen LogP contribution in [0.4, 0.5) is 24.5 Å². The second kappa shape index (κ2) is 7.80. The molecule has 31 heavy (non-hydrogen) atoms. The summed E-state index contributed by atoms with van der Waals surface area (Å²) in [5.41, 5.74) is -0.415. The molecule has 2 N–H and O–H groups in total. The fraction of sp³-hybridized carbons (Fsp3) is 0.0476. The molecule has 3 aromatic carbocycles. The summed E-state index contributed by atoms with van der Waals surface area (Å²) in [7, 11) is 0. The minimum atomic E-state index is -4.81. The van der Waals surface area contributed by atoms with Gasteiger partial charge in [0, 0.05) is 16.8 Å². The zero-order chi connectivity index (χ0) is 22.2. The summed E-state index contributed by atoms with van der Waals surface area (Å²) in [4.78, 5) is 27.5. The van der Waals surface area contributed by atoms with Gasteiger partial charge in [0.05, 0.1) is 15.8 Å². The predicted octanol–water partition coefficient (Wildman–Crippen LogP) is 6.34. The number of carbonyl (C=O) groups excluding carboxylic acids is 1. The van der Waals surface area contributed by atoms with Gasteiger partial charge in [-0.1, -0.05) is 0 Å². The summed E-state index contributed by atoms with van der Waals surface area (Å²) in [6.07, 6.45) is -4.81. The fourth-order valence-electron chi connectivity index (χ4n) is 2.92. The van der Waals surface area contributed by atoms with Crippen LogP contribution in [0.3, 0.4) is 0 Å². The van der Waals surface area contributed by atoms with Crippen molar-refractivity contribution < 1.29 is 23.1 Å². The van der Waals surface area contributed by atoms with Crippen LogP contribution in [0.2, 0.25) is 0 Å². The van der Waals surface area contributed by atoms with Crippen LogP contribution in [0.5, 0.6) is 5.75 Å². The van der Waals surface area contributed by atoms with Crippen LogP contribution in [0.15, 0.2) is 65.8 Å². The number of benzene rings is 3. The molecule has 156 valence electrons. The molecule has 0 saturated carbocycles. The maximum Gasteiger partial charge on any atom is 0.418 e. The van der Waals surface area contributed by atoms with Crippen molar-refractivity contribution in [2.24, 2.45) is 5.18 Å². The molecule has 1 amide bonds. The quantitative estimate of drug-likeness (QED) is 0.360. The topological polar surface area (TPSA) is 91.7 Å². The van der Waals surface area contributed by atoms with Crippen molar-refractivity contribution in [1.29, 1.82) is 0 Å². The van der Waals surface area contributed by atoms with E-state index < -0.39 is 23.3 Å². The number of hydrogen-bond donors (Lipinski definition) is 2. The number of thiazole rings is 1. The molecule has 0 aliphatic rings. The van der Waals surface area contributed by atoms with Gasteiger partial charge in [0.1, 0.15) is 16.4 Å². The van der Waals surface area contributed by atoms with E-state index in [1.165, 1.54) is 11.3 Å². The van der Waals surface area contributed by atoms with Crippen LogP contribution in [0, 0.1) is 4.91 Å². The average molecular weight is 443 g/mol. The molecule has 0 aliphatic heterocycles. The molecular weight excluding hydrogens is 431 g/mol. The van der Waals surface area contributed by atoms with Gasteiger partial charge in [-0.3, -0.25) is 4.79 Å². The molecule has 6 nitrogen and oxygen atoms in total. The lowest BCUT2D eigenvalue weighted by Gasteiger charge is -2.11. The van der Waals surface area contributed by atoms with Gasteiger partial charge in [0.25, 0.3) is 5.91 Å². The van der Waals surface area contributed by atoms with E-state index in [-0.39, 0.29) is 11.3 Å². The second-order valence-electron chi connectivity index (χ2n) is 6.52. The number of carbonyl (C=O) groups is 1. The number of hydrogen-bond acceptors (Lipinski definition) is 6. The lowest BCUT2D eigenvalue weighted by Crippen LogP contribution is -2.14. The van der Waals surface area contributed by atoms with Gasteiger partial charge in [-0.05, 0) is 65.8 Å². The first-order valence-electron chi connectivity index (χ1n) is 8.80. The zero-order valence-electron chi connectivity index (χ0n) is 15.5. The van der Waals surface area contributed by atoms with Gasteiger partial charge in [0.15, 0.2) is 0 Å². The van der Waals surface area contributed by atoms with E-state index in [1.807, 2.05) is 0 Å². The van der Waals surface area contributed by atoms with Crippen LogP contribution < -0.4 is 5.32 Å². The molecule has 4 rings (SSSR count). The third-order valence-electron chi connectivity index (χ3n) is 4.42. The number of alkyl halides is 3. The lowest BCUT2D eigenvalue weighted by molar-refractivity contribution is -0.137. The van der Waals surface area contributed by atoms with Crippen molar-refractivity contribution in [1.82, 2.24) is 4.98 Å². The molecule has 0 radical (unpaired) electrons. The number of nitroso groups, excluding NO2 is 1. The summed E-state index contributed by atoms with van der Waals surface area (Å²) >= 11 is 1.39. The monoisotopic (exact) mass is 443 g/mol. The van der Waals surface area contributed by atoms with Crippen molar-refractivity contribution >= 4 is 38.8 Å². The molecule has 1 aromatic heterocycles. The molecule has 0 fully saturated rings. The summed E-state index contributed by atoms with van der Waals surface area (Å²) in [6.45, 7) is 0. The Morgan fingerprint density at radius 2 is 1.77 bits per heavy atom. The number of rotatable bonds is 4. The molecular formula is C21H12F3N3O3S. The molecule has 1 heterocycles. The Morgan fingerprint density at radius 1 is 1.03 bits per heavy atom. The first-order chi connectivity index (χ1) is 14.7. The minimum Gasteiger partial charge on any atom is -0.508 e. The Kier molecular flexibility index (Phi) is 5.15. The van der Waals surface area contributed by atoms with E-state index in [4.69, 9.17) is 0 Å². The van der Waals surface area contributed by atoms with Gasteiger partial charge in [-0.15, -0.1) is 16.2 Å². The Morgan fingerprint density at radius 3 is 2.45 bits per heavy atom. The van der Waals surface area contributed by atoms with Crippen LogP contribution in [-0.2, 0) is 6.18 Å². The smallest absolute Gasteiger partial charge is 0.418 e. The molecule has 0 atom stereocenters. The Bertz CT molecular complexity index is 1300. The minimum absolute atomic E-state index is 0.145. The van der Waals surface area contributed by atoms with E-state index in [0.29, 0.717) is 16.8 Å². The van der Waals surface area contributed by atoms with Crippen molar-refractivity contribution in [3.8, 4) is 16.3 Å². The fourth-order valence-corrected chi connectivity index (χ4v) is 3.92. The highest BCUT2D eigenvalue weighted by atomic mass is 32.1. The van der Waals surface area contributed by atoms with Gasteiger partial charge < -0.3 is 10.4 Å². The number of amides is 1. The van der Waals surface area contributed by atoms with Gasteiger partial charge in [-0.25, -0.2) is 4.98 Å². The maximum atomic E-state index is 13.1. The van der Waals surface area contributed by atoms with Crippen LogP contribution >= 0.6 is 11.3 Å². The first kappa shape index (κ1) is 20.5. The normalized spacial score (nSPS) is 11.5. The molecule has 0 aliphatic carbocycles. The first-order valence-corrected chi connectivity index (χ1v) is 9.62. The number of anilines is 1. The van der Waals surface area contributed by atoms with Gasteiger partial charge in [-0.2, -0.15) is 13.2 Å². The molecule has 0 spiro atoms. The molecule has 0 saturated heterocycles.